The van der Waals surface area contributed by atoms with Crippen LogP contribution >= 0.6 is 0 Å². The highest BCUT2D eigenvalue weighted by Crippen LogP contribution is 2.26. The lowest BCUT2D eigenvalue weighted by atomic mass is 10.0. The number of aryl methyl sites for hydroxylation is 2. The van der Waals surface area contributed by atoms with Crippen molar-refractivity contribution in [3.05, 3.63) is 64.1 Å². The van der Waals surface area contributed by atoms with Crippen LogP contribution in [0.5, 0.6) is 0 Å². The van der Waals surface area contributed by atoms with Gasteiger partial charge < -0.3 is 27.0 Å². The van der Waals surface area contributed by atoms with Crippen molar-refractivity contribution in [1.82, 2.24) is 44.6 Å². The number of piperidine rings is 2. The number of carbonyl (C=O) groups excluding carboxylic acids is 4. The second-order valence-electron chi connectivity index (χ2n) is 14.0. The van der Waals surface area contributed by atoms with Gasteiger partial charge in [-0.15, -0.1) is 0 Å². The number of fused-ring (bicyclic) bond motifs is 2. The fourth-order valence-electron chi connectivity index (χ4n) is 6.90. The number of nitrogens with zero attached hydrogens (tertiary/aromatic N) is 7. The van der Waals surface area contributed by atoms with Gasteiger partial charge in [-0.05, 0) is 69.7 Å². The summed E-state index contributed by atoms with van der Waals surface area (Å²) < 4.78 is 16.1. The van der Waals surface area contributed by atoms with Crippen molar-refractivity contribution >= 4 is 58.3 Å². The third-order valence-corrected chi connectivity index (χ3v) is 10.3. The van der Waals surface area contributed by atoms with Crippen LogP contribution in [0.3, 0.4) is 0 Å². The molecule has 3 aromatic heterocycles. The number of halogens is 1. The number of rotatable bonds is 11. The van der Waals surface area contributed by atoms with E-state index in [4.69, 9.17) is 16.5 Å². The van der Waals surface area contributed by atoms with Gasteiger partial charge in [-0.3, -0.25) is 33.8 Å². The van der Waals surface area contributed by atoms with Crippen LogP contribution in [0.2, 0.25) is 0 Å². The maximum atomic E-state index is 13.0. The fraction of sp³-hybridized carbons (Fsp3) is 0.459. The molecule has 2 aliphatic heterocycles. The molecule has 4 amide bonds. The molecule has 1 saturated carbocycles. The number of aldehydes is 1. The molecule has 2 saturated heterocycles. The van der Waals surface area contributed by atoms with Gasteiger partial charge in [0, 0.05) is 62.7 Å². The Kier molecular flexibility index (Phi) is 12.0. The van der Waals surface area contributed by atoms with E-state index < -0.39 is 18.1 Å². The summed E-state index contributed by atoms with van der Waals surface area (Å²) in [5.74, 6) is -0.775. The van der Waals surface area contributed by atoms with Gasteiger partial charge in [0.2, 0.25) is 11.8 Å². The number of nitrogen functional groups attached to an aromatic ring is 1. The Balaban J connectivity index is 0.000000782. The quantitative estimate of drug-likeness (QED) is 0.0643. The Morgan fingerprint density at radius 3 is 2.55 bits per heavy atom. The number of hydrogen-bond acceptors (Lipinski definition) is 11. The maximum Gasteiger partial charge on any atom is 0.329 e. The molecule has 0 radical (unpaired) electrons. The zero-order valence-electron chi connectivity index (χ0n) is 30.9. The van der Waals surface area contributed by atoms with Crippen molar-refractivity contribution in [2.24, 2.45) is 17.8 Å². The number of nitrogens with two attached hydrogens (primary N) is 2. The molecule has 1 aromatic carbocycles. The third-order valence-electron chi connectivity index (χ3n) is 10.3. The lowest BCUT2D eigenvalue weighted by Gasteiger charge is -2.30. The molecule has 18 heteroatoms. The molecule has 55 heavy (non-hydrogen) atoms. The van der Waals surface area contributed by atoms with Crippen molar-refractivity contribution in [3.63, 3.8) is 0 Å². The number of carbonyl (C=O) groups is 4. The average Bonchev–Trinajstić information content (AvgIpc) is 3.66. The van der Waals surface area contributed by atoms with E-state index in [-0.39, 0.29) is 36.1 Å². The summed E-state index contributed by atoms with van der Waals surface area (Å²) in [6.07, 6.45) is 11.1. The van der Waals surface area contributed by atoms with Crippen LogP contribution in [0.15, 0.2) is 46.6 Å². The number of aliphatic imine (C=N–C) groups is 1. The first-order valence-corrected chi connectivity index (χ1v) is 18.4. The highest BCUT2D eigenvalue weighted by Gasteiger charge is 2.35. The number of unbranched alkanes of at least 4 members (excludes halogenated alkanes) is 1. The molecule has 1 unspecified atom stereocenters. The molecule has 292 valence electrons. The summed E-state index contributed by atoms with van der Waals surface area (Å²) in [6, 6.07) is 5.16. The number of benzene rings is 1. The second kappa shape index (κ2) is 17.0. The molecule has 0 spiro atoms. The number of anilines is 1. The first-order chi connectivity index (χ1) is 26.5. The smallest absolute Gasteiger partial charge is 0.329 e. The largest absolute Gasteiger partial charge is 0.404 e. The van der Waals surface area contributed by atoms with Gasteiger partial charge in [-0.25, -0.2) is 23.5 Å². The average molecular weight is 759 g/mol. The van der Waals surface area contributed by atoms with E-state index in [1.54, 1.807) is 25.2 Å². The van der Waals surface area contributed by atoms with E-state index in [0.29, 0.717) is 78.9 Å². The number of allylic oxidation sites excluding steroid dienone is 1. The van der Waals surface area contributed by atoms with Crippen molar-refractivity contribution in [3.8, 4) is 0 Å². The number of aromatic nitrogens is 5. The molecule has 17 nitrogen and oxygen atoms in total. The van der Waals surface area contributed by atoms with E-state index in [1.807, 2.05) is 18.2 Å². The number of likely N-dealkylation sites (tertiary alicyclic amines) is 1. The molecule has 3 aliphatic rings. The van der Waals surface area contributed by atoms with Gasteiger partial charge in [0.1, 0.15) is 17.9 Å². The molecule has 0 bridgehead atoms. The third kappa shape index (κ3) is 8.58. The summed E-state index contributed by atoms with van der Waals surface area (Å²) in [6.45, 7) is 1.69. The van der Waals surface area contributed by atoms with Crippen LogP contribution in [0.25, 0.3) is 22.3 Å². The number of hydrogen-bond donors (Lipinski definition) is 5. The minimum atomic E-state index is -0.712. The van der Waals surface area contributed by atoms with Crippen molar-refractivity contribution < 1.29 is 23.6 Å². The normalized spacial score (nSPS) is 20.5. The Labute approximate surface area is 316 Å². The van der Waals surface area contributed by atoms with E-state index >= 15 is 0 Å². The summed E-state index contributed by atoms with van der Waals surface area (Å²) in [4.78, 5) is 71.7. The highest BCUT2D eigenvalue weighted by molar-refractivity contribution is 6.12. The topological polar surface area (TPSA) is 229 Å². The monoisotopic (exact) mass is 758 g/mol. The molecule has 7 N–H and O–H groups in total. The van der Waals surface area contributed by atoms with Crippen LogP contribution in [0, 0.1) is 0 Å². The summed E-state index contributed by atoms with van der Waals surface area (Å²) in [5.41, 5.74) is 16.5. The zero-order chi connectivity index (χ0) is 39.2. The fourth-order valence-corrected chi connectivity index (χ4v) is 6.90. The molecule has 7 rings (SSSR count). The van der Waals surface area contributed by atoms with E-state index in [0.717, 1.165) is 36.8 Å². The summed E-state index contributed by atoms with van der Waals surface area (Å²) >= 11 is 0. The zero-order valence-corrected chi connectivity index (χ0v) is 30.9. The van der Waals surface area contributed by atoms with Gasteiger partial charge >= 0.3 is 11.7 Å². The SMILES string of the molecule is CN[C@@H]1C[C@@H]1F.Cn1c(=O)n(C2CCC(=O)NC2=O)c2ccc(CCCCNC(=O)N3CCC(N=C/C(=C\N)c4cnn5c(C=O)cnc5c4N)CC3)cc21. The van der Waals surface area contributed by atoms with Crippen LogP contribution in [-0.2, 0) is 23.1 Å². The van der Waals surface area contributed by atoms with Gasteiger partial charge in [-0.1, -0.05) is 6.07 Å². The van der Waals surface area contributed by atoms with Gasteiger partial charge in [0.25, 0.3) is 0 Å². The van der Waals surface area contributed by atoms with E-state index in [2.05, 4.69) is 26.0 Å². The van der Waals surface area contributed by atoms with Crippen LogP contribution < -0.4 is 33.1 Å². The predicted octanol–water partition coefficient (Wildman–Crippen LogP) is 1.64. The van der Waals surface area contributed by atoms with Crippen molar-refractivity contribution in [2.75, 3.05) is 32.4 Å². The first kappa shape index (κ1) is 38.8. The van der Waals surface area contributed by atoms with E-state index in [9.17, 15) is 28.4 Å². The minimum absolute atomic E-state index is 0.0165. The predicted molar refractivity (Wildman–Crippen MR) is 205 cm³/mol. The Morgan fingerprint density at radius 2 is 1.89 bits per heavy atom. The second-order valence-corrected chi connectivity index (χ2v) is 14.0. The number of urea groups is 1. The van der Waals surface area contributed by atoms with Crippen molar-refractivity contribution in [1.29, 1.82) is 0 Å². The van der Waals surface area contributed by atoms with Gasteiger partial charge in [-0.2, -0.15) is 5.10 Å². The molecule has 5 heterocycles. The first-order valence-electron chi connectivity index (χ1n) is 18.4. The molecule has 3 atom stereocenters. The lowest BCUT2D eigenvalue weighted by molar-refractivity contribution is -0.135. The van der Waals surface area contributed by atoms with Crippen LogP contribution in [0.4, 0.5) is 14.9 Å². The molecule has 4 aromatic rings. The number of alkyl halides is 1. The number of amides is 4. The number of imide groups is 1. The summed E-state index contributed by atoms with van der Waals surface area (Å²) in [5, 5.41) is 12.4. The Morgan fingerprint density at radius 1 is 1.13 bits per heavy atom. The summed E-state index contributed by atoms with van der Waals surface area (Å²) in [7, 11) is 3.46. The standard InChI is InChI=1S/C33H39N11O5.C4H8FN/c1-41-27-14-20(5-6-25(27)43(33(41)49)26-7-8-28(46)40-31(26)47)4-2-3-11-36-32(48)42-12-9-22(10-13-42)37-16-21(15-34)24-18-39-44-23(19-45)17-38-30(44)29(24)35;1-6-4-2-3(4)5/h5-6,14-19,22,26H,2-4,7-13,34-35H2,1H3,(H,36,48)(H,40,46,47);3-4,6H,2H2,1H3/b21-15+,37-16?;/t;3-,4+/m.0/s1. The van der Waals surface area contributed by atoms with E-state index in [1.165, 1.54) is 32.2 Å². The van der Waals surface area contributed by atoms with Crippen molar-refractivity contribution in [2.45, 2.75) is 75.7 Å². The molecular formula is C37H47FN12O5. The molecule has 1 aliphatic carbocycles. The molecule has 3 fully saturated rings. The number of nitrogens with one attached hydrogen (secondary N) is 3. The van der Waals surface area contributed by atoms with Crippen LogP contribution in [0.1, 0.15) is 72.6 Å². The number of imidazole rings is 2. The molecular weight excluding hydrogens is 711 g/mol. The Bertz CT molecular complexity index is 2200. The van der Waals surface area contributed by atoms with Gasteiger partial charge in [0.05, 0.1) is 35.2 Å². The van der Waals surface area contributed by atoms with Crippen LogP contribution in [-0.4, -0.2) is 104 Å². The lowest BCUT2D eigenvalue weighted by Crippen LogP contribution is -2.45. The van der Waals surface area contributed by atoms with Gasteiger partial charge in [0.15, 0.2) is 11.9 Å². The highest BCUT2D eigenvalue weighted by atomic mass is 19.1. The minimum Gasteiger partial charge on any atom is -0.404 e. The Hall–Kier alpha value is -5.91. The maximum absolute atomic E-state index is 13.0.